The van der Waals surface area contributed by atoms with Crippen molar-refractivity contribution >= 4 is 21.6 Å². The molecule has 6 heteroatoms. The molecule has 1 fully saturated rings. The third-order valence-electron chi connectivity index (χ3n) is 5.63. The highest BCUT2D eigenvalue weighted by Crippen LogP contribution is 2.35. The van der Waals surface area contributed by atoms with E-state index in [0.29, 0.717) is 30.8 Å². The molecule has 0 bridgehead atoms. The Labute approximate surface area is 160 Å². The van der Waals surface area contributed by atoms with Crippen molar-refractivity contribution in [2.45, 2.75) is 37.1 Å². The van der Waals surface area contributed by atoms with E-state index < -0.39 is 10.0 Å². The van der Waals surface area contributed by atoms with Gasteiger partial charge in [0, 0.05) is 30.7 Å². The lowest BCUT2D eigenvalue weighted by Gasteiger charge is -2.34. The van der Waals surface area contributed by atoms with Crippen molar-refractivity contribution in [3.8, 4) is 0 Å². The first-order valence-corrected chi connectivity index (χ1v) is 10.9. The Morgan fingerprint density at radius 3 is 2.30 bits per heavy atom. The van der Waals surface area contributed by atoms with Gasteiger partial charge in [0.2, 0.25) is 15.9 Å². The molecule has 2 aromatic carbocycles. The number of carbonyl (C=O) groups excluding carboxylic acids is 1. The lowest BCUT2D eigenvalue weighted by Crippen LogP contribution is -2.46. The lowest BCUT2D eigenvalue weighted by atomic mass is 9.96. The van der Waals surface area contributed by atoms with E-state index >= 15 is 0 Å². The van der Waals surface area contributed by atoms with Crippen molar-refractivity contribution in [3.63, 3.8) is 0 Å². The van der Waals surface area contributed by atoms with E-state index in [1.165, 1.54) is 9.87 Å². The maximum Gasteiger partial charge on any atom is 0.243 e. The number of anilines is 1. The van der Waals surface area contributed by atoms with Crippen LogP contribution in [0, 0.1) is 5.92 Å². The number of para-hydroxylation sites is 1. The van der Waals surface area contributed by atoms with Crippen LogP contribution in [0.1, 0.15) is 25.3 Å². The number of benzene rings is 2. The van der Waals surface area contributed by atoms with Crippen LogP contribution in [0.3, 0.4) is 0 Å². The van der Waals surface area contributed by atoms with E-state index in [0.717, 1.165) is 12.1 Å². The smallest absolute Gasteiger partial charge is 0.243 e. The zero-order valence-corrected chi connectivity index (χ0v) is 16.2. The van der Waals surface area contributed by atoms with Gasteiger partial charge in [-0.05, 0) is 49.9 Å². The molecule has 2 aliphatic rings. The number of nitrogens with zero attached hydrogens (tertiary/aromatic N) is 2. The molecule has 0 aromatic heterocycles. The van der Waals surface area contributed by atoms with Gasteiger partial charge in [0.25, 0.3) is 0 Å². The normalized spacial score (nSPS) is 21.2. The molecule has 4 rings (SSSR count). The Morgan fingerprint density at radius 1 is 0.963 bits per heavy atom. The van der Waals surface area contributed by atoms with Crippen LogP contribution < -0.4 is 4.90 Å². The second-order valence-electron chi connectivity index (χ2n) is 7.38. The molecule has 2 aromatic rings. The molecule has 0 aliphatic carbocycles. The summed E-state index contributed by atoms with van der Waals surface area (Å²) in [6, 6.07) is 16.7. The third kappa shape index (κ3) is 3.28. The average Bonchev–Trinajstić information content (AvgIpc) is 3.04. The molecular weight excluding hydrogens is 360 g/mol. The van der Waals surface area contributed by atoms with Crippen molar-refractivity contribution in [2.24, 2.45) is 5.92 Å². The maximum absolute atomic E-state index is 13.2. The molecular formula is C21H24N2O3S. The van der Waals surface area contributed by atoms with Crippen LogP contribution in [-0.4, -0.2) is 37.8 Å². The maximum atomic E-state index is 13.2. The molecule has 0 radical (unpaired) electrons. The van der Waals surface area contributed by atoms with Gasteiger partial charge in [0.1, 0.15) is 0 Å². The lowest BCUT2D eigenvalue weighted by molar-refractivity contribution is -0.123. The van der Waals surface area contributed by atoms with Crippen LogP contribution in [0.4, 0.5) is 5.69 Å². The highest BCUT2D eigenvalue weighted by molar-refractivity contribution is 7.89. The first kappa shape index (κ1) is 18.2. The van der Waals surface area contributed by atoms with E-state index in [1.54, 1.807) is 30.3 Å². The number of fused-ring (bicyclic) bond motifs is 1. The molecule has 0 unspecified atom stereocenters. The van der Waals surface area contributed by atoms with Crippen molar-refractivity contribution in [3.05, 3.63) is 60.2 Å². The van der Waals surface area contributed by atoms with Crippen LogP contribution in [-0.2, 0) is 21.2 Å². The monoisotopic (exact) mass is 384 g/mol. The minimum atomic E-state index is -3.48. The first-order valence-electron chi connectivity index (χ1n) is 9.44. The quantitative estimate of drug-likeness (QED) is 0.817. The summed E-state index contributed by atoms with van der Waals surface area (Å²) in [4.78, 5) is 15.4. The molecule has 1 atom stereocenters. The van der Waals surface area contributed by atoms with E-state index in [1.807, 2.05) is 23.1 Å². The van der Waals surface area contributed by atoms with Gasteiger partial charge in [0.05, 0.1) is 4.90 Å². The fourth-order valence-corrected chi connectivity index (χ4v) is 5.67. The van der Waals surface area contributed by atoms with Crippen LogP contribution in [0.2, 0.25) is 0 Å². The van der Waals surface area contributed by atoms with Gasteiger partial charge in [-0.1, -0.05) is 36.4 Å². The first-order chi connectivity index (χ1) is 13.0. The van der Waals surface area contributed by atoms with Crippen molar-refractivity contribution in [1.82, 2.24) is 4.31 Å². The molecule has 1 saturated heterocycles. The Balaban J connectivity index is 1.46. The number of hydrogen-bond acceptors (Lipinski definition) is 3. The molecule has 0 saturated carbocycles. The predicted molar refractivity (Wildman–Crippen MR) is 105 cm³/mol. The van der Waals surface area contributed by atoms with Crippen LogP contribution in [0.5, 0.6) is 0 Å². The number of carbonyl (C=O) groups is 1. The van der Waals surface area contributed by atoms with Gasteiger partial charge in [-0.25, -0.2) is 8.42 Å². The molecule has 27 heavy (non-hydrogen) atoms. The summed E-state index contributed by atoms with van der Waals surface area (Å²) < 4.78 is 27.0. The van der Waals surface area contributed by atoms with Gasteiger partial charge in [-0.15, -0.1) is 0 Å². The molecule has 0 N–H and O–H groups in total. The van der Waals surface area contributed by atoms with Crippen LogP contribution in [0.15, 0.2) is 59.5 Å². The Bertz CT molecular complexity index is 935. The largest absolute Gasteiger partial charge is 0.309 e. The fraction of sp³-hybridized carbons (Fsp3) is 0.381. The van der Waals surface area contributed by atoms with Crippen molar-refractivity contribution in [1.29, 1.82) is 0 Å². The minimum absolute atomic E-state index is 0.124. The summed E-state index contributed by atoms with van der Waals surface area (Å²) in [7, 11) is -3.48. The Kier molecular flexibility index (Phi) is 4.78. The van der Waals surface area contributed by atoms with E-state index in [-0.39, 0.29) is 17.9 Å². The summed E-state index contributed by atoms with van der Waals surface area (Å²) in [5.74, 6) is 0.00467. The van der Waals surface area contributed by atoms with Gasteiger partial charge < -0.3 is 4.90 Å². The van der Waals surface area contributed by atoms with Gasteiger partial charge in [-0.2, -0.15) is 4.31 Å². The van der Waals surface area contributed by atoms with Gasteiger partial charge in [-0.3, -0.25) is 4.79 Å². The zero-order valence-electron chi connectivity index (χ0n) is 15.4. The minimum Gasteiger partial charge on any atom is -0.309 e. The summed E-state index contributed by atoms with van der Waals surface area (Å²) in [6.07, 6.45) is 2.01. The Hall–Kier alpha value is -2.18. The van der Waals surface area contributed by atoms with Crippen molar-refractivity contribution in [2.75, 3.05) is 18.0 Å². The standard InChI is InChI=1S/C21H24N2O3S/c1-16-15-18-7-5-6-10-20(18)23(16)21(24)17-11-13-22(14-12-17)27(25,26)19-8-3-2-4-9-19/h2-10,16-17H,11-15H2,1H3/t16-/m1/s1. The number of rotatable bonds is 3. The summed E-state index contributed by atoms with van der Waals surface area (Å²) in [5, 5.41) is 0. The average molecular weight is 385 g/mol. The highest BCUT2D eigenvalue weighted by atomic mass is 32.2. The summed E-state index contributed by atoms with van der Waals surface area (Å²) in [6.45, 7) is 2.85. The highest BCUT2D eigenvalue weighted by Gasteiger charge is 2.38. The fourth-order valence-electron chi connectivity index (χ4n) is 4.18. The second-order valence-corrected chi connectivity index (χ2v) is 9.32. The number of amides is 1. The molecule has 142 valence electrons. The topological polar surface area (TPSA) is 57.7 Å². The number of sulfonamides is 1. The van der Waals surface area contributed by atoms with Crippen molar-refractivity contribution < 1.29 is 13.2 Å². The van der Waals surface area contributed by atoms with E-state index in [2.05, 4.69) is 13.0 Å². The SMILES string of the molecule is C[C@@H]1Cc2ccccc2N1C(=O)C1CCN(S(=O)(=O)c2ccccc2)CC1. The van der Waals surface area contributed by atoms with E-state index in [9.17, 15) is 13.2 Å². The Morgan fingerprint density at radius 2 is 1.59 bits per heavy atom. The van der Waals surface area contributed by atoms with Crippen LogP contribution >= 0.6 is 0 Å². The molecule has 2 heterocycles. The summed E-state index contributed by atoms with van der Waals surface area (Å²) in [5.41, 5.74) is 2.22. The third-order valence-corrected chi connectivity index (χ3v) is 7.54. The molecule has 0 spiro atoms. The van der Waals surface area contributed by atoms with Crippen LogP contribution in [0.25, 0.3) is 0 Å². The predicted octanol–water partition coefficient (Wildman–Crippen LogP) is 3.07. The van der Waals surface area contributed by atoms with E-state index in [4.69, 9.17) is 0 Å². The molecule has 5 nitrogen and oxygen atoms in total. The zero-order chi connectivity index (χ0) is 19.0. The van der Waals surface area contributed by atoms with Gasteiger partial charge in [0.15, 0.2) is 0 Å². The molecule has 1 amide bonds. The molecule has 2 aliphatic heterocycles. The second kappa shape index (κ2) is 7.09. The van der Waals surface area contributed by atoms with Gasteiger partial charge >= 0.3 is 0 Å². The summed E-state index contributed by atoms with van der Waals surface area (Å²) >= 11 is 0. The number of hydrogen-bond donors (Lipinski definition) is 0. The number of piperidine rings is 1.